The number of aromatic nitrogens is 2. The average Bonchev–Trinajstić information content (AvgIpc) is 2.33. The Morgan fingerprint density at radius 1 is 1.35 bits per heavy atom. The van der Waals surface area contributed by atoms with Crippen LogP contribution in [0.3, 0.4) is 0 Å². The molecule has 1 N–H and O–H groups in total. The van der Waals surface area contributed by atoms with Gasteiger partial charge < -0.3 is 14.3 Å². The van der Waals surface area contributed by atoms with Crippen LogP contribution in [0.4, 0.5) is 0 Å². The first kappa shape index (κ1) is 11.1. The van der Waals surface area contributed by atoms with Gasteiger partial charge in [0.25, 0.3) is 5.56 Å². The number of methoxy groups -OCH3 is 1. The molecule has 0 saturated heterocycles. The van der Waals surface area contributed by atoms with E-state index >= 15 is 0 Å². The normalized spacial score (nSPS) is 10.5. The Kier molecular flexibility index (Phi) is 2.55. The number of rotatable bonds is 1. The predicted octanol–water partition coefficient (Wildman–Crippen LogP) is 0.0134. The van der Waals surface area contributed by atoms with Crippen LogP contribution < -0.4 is 11.0 Å². The lowest BCUT2D eigenvalue weighted by Gasteiger charge is -2.05. The molecule has 2 heterocycles. The molecule has 0 aromatic carbocycles. The molecule has 0 aliphatic rings. The van der Waals surface area contributed by atoms with Crippen molar-refractivity contribution in [3.63, 3.8) is 0 Å². The third-order valence-electron chi connectivity index (χ3n) is 2.55. The van der Waals surface area contributed by atoms with E-state index in [1.165, 1.54) is 37.1 Å². The standard InChI is InChI=1S/C11H10N2O4/c1-13-8(14)4-3-7-9(13)10(15)6(5-12-7)11(16)17-2/h3-5H,1-2H3,(H,12,15). The molecule has 17 heavy (non-hydrogen) atoms. The van der Waals surface area contributed by atoms with Crippen molar-refractivity contribution in [1.29, 1.82) is 0 Å². The van der Waals surface area contributed by atoms with Crippen molar-refractivity contribution in [1.82, 2.24) is 9.55 Å². The van der Waals surface area contributed by atoms with E-state index in [9.17, 15) is 14.4 Å². The maximum atomic E-state index is 12.0. The number of aryl methyl sites for hydroxylation is 1. The molecule has 2 aromatic rings. The van der Waals surface area contributed by atoms with Gasteiger partial charge in [0.1, 0.15) is 11.1 Å². The number of aromatic amines is 1. The molecule has 0 saturated carbocycles. The highest BCUT2D eigenvalue weighted by Crippen LogP contribution is 2.04. The number of hydrogen-bond donors (Lipinski definition) is 1. The second-order valence-corrected chi connectivity index (χ2v) is 3.52. The van der Waals surface area contributed by atoms with Crippen molar-refractivity contribution >= 4 is 17.0 Å². The number of nitrogens with one attached hydrogen (secondary N) is 1. The summed E-state index contributed by atoms with van der Waals surface area (Å²) in [4.78, 5) is 37.6. The van der Waals surface area contributed by atoms with Crippen LogP contribution in [0, 0.1) is 0 Å². The zero-order valence-electron chi connectivity index (χ0n) is 9.31. The Balaban J connectivity index is 2.93. The van der Waals surface area contributed by atoms with Crippen LogP contribution in [0.5, 0.6) is 0 Å². The van der Waals surface area contributed by atoms with Crippen molar-refractivity contribution < 1.29 is 9.53 Å². The van der Waals surface area contributed by atoms with Gasteiger partial charge in [0, 0.05) is 19.3 Å². The van der Waals surface area contributed by atoms with Gasteiger partial charge in [-0.05, 0) is 6.07 Å². The minimum atomic E-state index is -0.732. The van der Waals surface area contributed by atoms with Gasteiger partial charge >= 0.3 is 5.97 Å². The maximum absolute atomic E-state index is 12.0. The molecule has 0 aliphatic carbocycles. The van der Waals surface area contributed by atoms with Gasteiger partial charge in [-0.3, -0.25) is 9.59 Å². The van der Waals surface area contributed by atoms with Crippen LogP contribution in [0.15, 0.2) is 27.9 Å². The van der Waals surface area contributed by atoms with Gasteiger partial charge in [-0.15, -0.1) is 0 Å². The third-order valence-corrected chi connectivity index (χ3v) is 2.55. The number of carbonyl (C=O) groups is 1. The molecule has 0 fully saturated rings. The molecule has 6 nitrogen and oxygen atoms in total. The Labute approximate surface area is 95.5 Å². The molecule has 0 unspecified atom stereocenters. The van der Waals surface area contributed by atoms with Crippen molar-refractivity contribution in [3.05, 3.63) is 44.5 Å². The van der Waals surface area contributed by atoms with E-state index in [0.717, 1.165) is 0 Å². The Bertz CT molecular complexity index is 711. The van der Waals surface area contributed by atoms with Gasteiger partial charge in [-0.2, -0.15) is 0 Å². The summed E-state index contributed by atoms with van der Waals surface area (Å²) in [7, 11) is 2.66. The van der Waals surface area contributed by atoms with Gasteiger partial charge in [-0.1, -0.05) is 0 Å². The molecule has 0 aliphatic heterocycles. The number of carbonyl (C=O) groups excluding carboxylic acids is 1. The highest BCUT2D eigenvalue weighted by atomic mass is 16.5. The lowest BCUT2D eigenvalue weighted by atomic mass is 10.2. The molecule has 0 atom stereocenters. The van der Waals surface area contributed by atoms with Gasteiger partial charge in [0.2, 0.25) is 5.43 Å². The lowest BCUT2D eigenvalue weighted by molar-refractivity contribution is 0.0599. The third kappa shape index (κ3) is 1.63. The highest BCUT2D eigenvalue weighted by molar-refractivity contribution is 5.92. The maximum Gasteiger partial charge on any atom is 0.343 e. The van der Waals surface area contributed by atoms with Gasteiger partial charge in [0.05, 0.1) is 12.6 Å². The molecule has 0 radical (unpaired) electrons. The number of fused-ring (bicyclic) bond motifs is 1. The van der Waals surface area contributed by atoms with E-state index in [0.29, 0.717) is 5.52 Å². The first-order chi connectivity index (χ1) is 8.06. The van der Waals surface area contributed by atoms with Crippen LogP contribution in [-0.4, -0.2) is 22.6 Å². The number of hydrogen-bond acceptors (Lipinski definition) is 4. The van der Waals surface area contributed by atoms with Crippen LogP contribution in [0.25, 0.3) is 11.0 Å². The molecule has 0 spiro atoms. The fraction of sp³-hybridized carbons (Fsp3) is 0.182. The molecular formula is C11H10N2O4. The number of esters is 1. The summed E-state index contributed by atoms with van der Waals surface area (Å²) in [5.74, 6) is -0.732. The van der Waals surface area contributed by atoms with Crippen molar-refractivity contribution in [2.24, 2.45) is 7.05 Å². The van der Waals surface area contributed by atoms with E-state index in [1.807, 2.05) is 0 Å². The summed E-state index contributed by atoms with van der Waals surface area (Å²) in [6.45, 7) is 0. The van der Waals surface area contributed by atoms with E-state index in [2.05, 4.69) is 9.72 Å². The Hall–Kier alpha value is -2.37. The smallest absolute Gasteiger partial charge is 0.343 e. The van der Waals surface area contributed by atoms with Crippen molar-refractivity contribution in [3.8, 4) is 0 Å². The van der Waals surface area contributed by atoms with Crippen LogP contribution in [0.1, 0.15) is 10.4 Å². The minimum absolute atomic E-state index is 0.124. The number of H-pyrrole nitrogens is 1. The molecular weight excluding hydrogens is 224 g/mol. The predicted molar refractivity (Wildman–Crippen MR) is 61.1 cm³/mol. The second-order valence-electron chi connectivity index (χ2n) is 3.52. The fourth-order valence-corrected chi connectivity index (χ4v) is 1.63. The Morgan fingerprint density at radius 2 is 2.06 bits per heavy atom. The monoisotopic (exact) mass is 234 g/mol. The zero-order chi connectivity index (χ0) is 12.6. The van der Waals surface area contributed by atoms with Crippen LogP contribution >= 0.6 is 0 Å². The molecule has 6 heteroatoms. The van der Waals surface area contributed by atoms with Gasteiger partial charge in [-0.25, -0.2) is 4.79 Å². The molecule has 2 aromatic heterocycles. The number of nitrogens with zero attached hydrogens (tertiary/aromatic N) is 1. The summed E-state index contributed by atoms with van der Waals surface area (Å²) in [6.07, 6.45) is 1.28. The quantitative estimate of drug-likeness (QED) is 0.705. The molecule has 0 bridgehead atoms. The summed E-state index contributed by atoms with van der Waals surface area (Å²) in [5.41, 5.74) is -0.317. The van der Waals surface area contributed by atoms with E-state index in [4.69, 9.17) is 0 Å². The molecule has 2 rings (SSSR count). The second kappa shape index (κ2) is 3.89. The van der Waals surface area contributed by atoms with E-state index in [1.54, 1.807) is 0 Å². The summed E-state index contributed by atoms with van der Waals surface area (Å²) in [5, 5.41) is 0. The minimum Gasteiger partial charge on any atom is -0.465 e. The van der Waals surface area contributed by atoms with Gasteiger partial charge in [0.15, 0.2) is 0 Å². The number of ether oxygens (including phenoxy) is 1. The van der Waals surface area contributed by atoms with E-state index in [-0.39, 0.29) is 16.6 Å². The van der Waals surface area contributed by atoms with Crippen LogP contribution in [-0.2, 0) is 11.8 Å². The molecule has 88 valence electrons. The summed E-state index contributed by atoms with van der Waals surface area (Å²) < 4.78 is 5.68. The topological polar surface area (TPSA) is 81.2 Å². The number of pyridine rings is 2. The summed E-state index contributed by atoms with van der Waals surface area (Å²) >= 11 is 0. The summed E-state index contributed by atoms with van der Waals surface area (Å²) in [6, 6.07) is 2.84. The first-order valence-corrected chi connectivity index (χ1v) is 4.86. The van der Waals surface area contributed by atoms with Crippen molar-refractivity contribution in [2.45, 2.75) is 0 Å². The molecule has 0 amide bonds. The lowest BCUT2D eigenvalue weighted by Crippen LogP contribution is -2.25. The largest absolute Gasteiger partial charge is 0.465 e. The van der Waals surface area contributed by atoms with E-state index < -0.39 is 11.4 Å². The van der Waals surface area contributed by atoms with Crippen LogP contribution in [0.2, 0.25) is 0 Å². The Morgan fingerprint density at radius 3 is 2.71 bits per heavy atom. The average molecular weight is 234 g/mol. The fourth-order valence-electron chi connectivity index (χ4n) is 1.63. The zero-order valence-corrected chi connectivity index (χ0v) is 9.31. The highest BCUT2D eigenvalue weighted by Gasteiger charge is 2.14. The SMILES string of the molecule is COC(=O)c1c[nH]c2ccc(=O)n(C)c2c1=O. The first-order valence-electron chi connectivity index (χ1n) is 4.86. The van der Waals surface area contributed by atoms with Crippen molar-refractivity contribution in [2.75, 3.05) is 7.11 Å².